The summed E-state index contributed by atoms with van der Waals surface area (Å²) in [5.41, 5.74) is 1.26. The van der Waals surface area contributed by atoms with Crippen LogP contribution in [0.1, 0.15) is 11.3 Å². The van der Waals surface area contributed by atoms with Gasteiger partial charge >= 0.3 is 0 Å². The maximum absolute atomic E-state index is 11.9. The summed E-state index contributed by atoms with van der Waals surface area (Å²) in [4.78, 5) is 19.2. The van der Waals surface area contributed by atoms with Gasteiger partial charge in [-0.05, 0) is 41.8 Å². The number of nitrogens with zero attached hydrogens (tertiary/aromatic N) is 3. The Hall–Kier alpha value is -2.07. The maximum atomic E-state index is 11.9. The SMILES string of the molecule is CN(C)C(=O)CN=C(NCCCn1ccc2ccccc21)NCCc1cccs1.I. The van der Waals surface area contributed by atoms with Crippen LogP contribution in [0, 0.1) is 0 Å². The van der Waals surface area contributed by atoms with Crippen molar-refractivity contribution in [3.63, 3.8) is 0 Å². The number of guanidine groups is 1. The van der Waals surface area contributed by atoms with E-state index in [0.29, 0.717) is 5.96 Å². The number of aliphatic imine (C=N–C) groups is 1. The molecule has 0 saturated heterocycles. The molecule has 30 heavy (non-hydrogen) atoms. The molecule has 6 nitrogen and oxygen atoms in total. The molecule has 0 radical (unpaired) electrons. The quantitative estimate of drug-likeness (QED) is 0.189. The fourth-order valence-electron chi connectivity index (χ4n) is 3.01. The topological polar surface area (TPSA) is 61.7 Å². The first-order valence-electron chi connectivity index (χ1n) is 9.92. The molecule has 0 aliphatic rings. The number of thiophene rings is 1. The predicted octanol–water partition coefficient (Wildman–Crippen LogP) is 3.58. The van der Waals surface area contributed by atoms with Crippen LogP contribution in [0.5, 0.6) is 0 Å². The number of rotatable bonds is 9. The molecule has 2 aromatic heterocycles. The van der Waals surface area contributed by atoms with E-state index in [2.05, 4.69) is 74.2 Å². The van der Waals surface area contributed by atoms with Gasteiger partial charge in [-0.2, -0.15) is 0 Å². The molecule has 0 unspecified atom stereocenters. The van der Waals surface area contributed by atoms with Crippen LogP contribution in [0.2, 0.25) is 0 Å². The highest BCUT2D eigenvalue weighted by Crippen LogP contribution is 2.15. The Balaban J connectivity index is 0.00000320. The number of hydrogen-bond acceptors (Lipinski definition) is 3. The molecule has 8 heteroatoms. The second kappa shape index (κ2) is 12.6. The van der Waals surface area contributed by atoms with E-state index < -0.39 is 0 Å². The Bertz CT molecular complexity index is 936. The molecule has 3 aromatic rings. The standard InChI is InChI=1S/C22H29N5OS.HI/c1-26(2)21(28)17-25-22(24-13-10-19-8-5-16-29-19)23-12-6-14-27-15-11-18-7-3-4-9-20(18)27;/h3-5,7-9,11,15-16H,6,10,12-14,17H2,1-2H3,(H2,23,24,25);1H. The van der Waals surface area contributed by atoms with Crippen molar-refractivity contribution in [2.45, 2.75) is 19.4 Å². The summed E-state index contributed by atoms with van der Waals surface area (Å²) in [7, 11) is 3.49. The fraction of sp³-hybridized carbons (Fsp3) is 0.364. The number of halogens is 1. The summed E-state index contributed by atoms with van der Waals surface area (Å²) in [5.74, 6) is 0.678. The zero-order valence-electron chi connectivity index (χ0n) is 17.5. The van der Waals surface area contributed by atoms with Crippen LogP contribution in [-0.4, -0.2) is 55.1 Å². The van der Waals surface area contributed by atoms with Crippen molar-refractivity contribution in [3.05, 3.63) is 58.9 Å². The third-order valence-corrected chi connectivity index (χ3v) is 5.60. The molecule has 0 atom stereocenters. The summed E-state index contributed by atoms with van der Waals surface area (Å²) in [6.07, 6.45) is 4.04. The lowest BCUT2D eigenvalue weighted by molar-refractivity contribution is -0.127. The van der Waals surface area contributed by atoms with Gasteiger partial charge in [0.2, 0.25) is 5.91 Å². The average Bonchev–Trinajstić information content (AvgIpc) is 3.38. The van der Waals surface area contributed by atoms with Crippen molar-refractivity contribution in [3.8, 4) is 0 Å². The number of aromatic nitrogens is 1. The van der Waals surface area contributed by atoms with Crippen LogP contribution in [0.25, 0.3) is 10.9 Å². The Morgan fingerprint density at radius 3 is 2.67 bits per heavy atom. The smallest absolute Gasteiger partial charge is 0.243 e. The molecule has 0 spiro atoms. The number of hydrogen-bond donors (Lipinski definition) is 2. The van der Waals surface area contributed by atoms with E-state index in [0.717, 1.165) is 32.5 Å². The monoisotopic (exact) mass is 539 g/mol. The fourth-order valence-corrected chi connectivity index (χ4v) is 3.72. The normalized spacial score (nSPS) is 11.2. The van der Waals surface area contributed by atoms with Crippen LogP contribution in [0.4, 0.5) is 0 Å². The summed E-state index contributed by atoms with van der Waals surface area (Å²) >= 11 is 1.75. The largest absolute Gasteiger partial charge is 0.356 e. The number of carbonyl (C=O) groups is 1. The van der Waals surface area contributed by atoms with Crippen molar-refractivity contribution in [2.24, 2.45) is 4.99 Å². The number of carbonyl (C=O) groups excluding carboxylic acids is 1. The van der Waals surface area contributed by atoms with Crippen LogP contribution in [0.15, 0.2) is 59.0 Å². The third kappa shape index (κ3) is 7.32. The summed E-state index contributed by atoms with van der Waals surface area (Å²) in [5, 5.41) is 10.1. The van der Waals surface area contributed by atoms with Crippen LogP contribution in [0.3, 0.4) is 0 Å². The average molecular weight is 539 g/mol. The van der Waals surface area contributed by atoms with E-state index in [9.17, 15) is 4.79 Å². The van der Waals surface area contributed by atoms with E-state index in [1.165, 1.54) is 15.8 Å². The van der Waals surface area contributed by atoms with Crippen molar-refractivity contribution < 1.29 is 4.79 Å². The minimum atomic E-state index is -0.0110. The highest BCUT2D eigenvalue weighted by atomic mass is 127. The Morgan fingerprint density at radius 2 is 1.90 bits per heavy atom. The Kier molecular flexibility index (Phi) is 10.2. The summed E-state index contributed by atoms with van der Waals surface area (Å²) in [6, 6.07) is 14.8. The van der Waals surface area contributed by atoms with Crippen molar-refractivity contribution in [1.29, 1.82) is 0 Å². The van der Waals surface area contributed by atoms with Gasteiger partial charge in [-0.15, -0.1) is 35.3 Å². The zero-order valence-corrected chi connectivity index (χ0v) is 20.7. The molecule has 2 N–H and O–H groups in total. The minimum Gasteiger partial charge on any atom is -0.356 e. The molecular weight excluding hydrogens is 509 g/mol. The number of amides is 1. The summed E-state index contributed by atoms with van der Waals surface area (Å²) in [6.45, 7) is 2.64. The maximum Gasteiger partial charge on any atom is 0.243 e. The van der Waals surface area contributed by atoms with E-state index in [4.69, 9.17) is 0 Å². The van der Waals surface area contributed by atoms with Gasteiger partial charge in [0.25, 0.3) is 0 Å². The molecule has 0 saturated carbocycles. The molecule has 0 bridgehead atoms. The molecule has 1 amide bonds. The Morgan fingerprint density at radius 1 is 1.10 bits per heavy atom. The van der Waals surface area contributed by atoms with Crippen LogP contribution in [-0.2, 0) is 17.8 Å². The van der Waals surface area contributed by atoms with E-state index in [1.807, 2.05) is 0 Å². The van der Waals surface area contributed by atoms with E-state index in [1.54, 1.807) is 30.3 Å². The number of para-hydroxylation sites is 1. The number of aryl methyl sites for hydroxylation is 1. The lowest BCUT2D eigenvalue weighted by Gasteiger charge is -2.14. The number of nitrogens with one attached hydrogen (secondary N) is 2. The van der Waals surface area contributed by atoms with Gasteiger partial charge in [-0.3, -0.25) is 4.79 Å². The molecule has 0 aliphatic carbocycles. The number of likely N-dealkylation sites (N-methyl/N-ethyl adjacent to an activating group) is 1. The molecule has 1 aromatic carbocycles. The Labute approximate surface area is 199 Å². The van der Waals surface area contributed by atoms with Gasteiger partial charge < -0.3 is 20.1 Å². The second-order valence-corrected chi connectivity index (χ2v) is 8.09. The number of benzene rings is 1. The first kappa shape index (κ1) is 24.2. The summed E-state index contributed by atoms with van der Waals surface area (Å²) < 4.78 is 2.27. The molecule has 162 valence electrons. The second-order valence-electron chi connectivity index (χ2n) is 7.06. The zero-order chi connectivity index (χ0) is 20.5. The van der Waals surface area contributed by atoms with Crippen molar-refractivity contribution >= 4 is 58.1 Å². The highest BCUT2D eigenvalue weighted by Gasteiger charge is 2.05. The van der Waals surface area contributed by atoms with Crippen molar-refractivity contribution in [2.75, 3.05) is 33.7 Å². The van der Waals surface area contributed by atoms with Crippen LogP contribution < -0.4 is 10.6 Å². The molecule has 0 fully saturated rings. The van der Waals surface area contributed by atoms with E-state index >= 15 is 0 Å². The number of fused-ring (bicyclic) bond motifs is 1. The minimum absolute atomic E-state index is 0. The molecule has 0 aliphatic heterocycles. The van der Waals surface area contributed by atoms with Crippen molar-refractivity contribution in [1.82, 2.24) is 20.1 Å². The first-order valence-corrected chi connectivity index (χ1v) is 10.8. The molecule has 2 heterocycles. The van der Waals surface area contributed by atoms with Gasteiger partial charge in [-0.1, -0.05) is 24.3 Å². The van der Waals surface area contributed by atoms with Crippen LogP contribution >= 0.6 is 35.3 Å². The van der Waals surface area contributed by atoms with Gasteiger partial charge in [-0.25, -0.2) is 4.99 Å². The van der Waals surface area contributed by atoms with E-state index in [-0.39, 0.29) is 36.4 Å². The van der Waals surface area contributed by atoms with Gasteiger partial charge in [0.15, 0.2) is 5.96 Å². The molecule has 3 rings (SSSR count). The first-order chi connectivity index (χ1) is 14.1. The lowest BCUT2D eigenvalue weighted by Crippen LogP contribution is -2.40. The molecular formula is C22H30IN5OS. The lowest BCUT2D eigenvalue weighted by atomic mass is 10.2. The van der Waals surface area contributed by atoms with Gasteiger partial charge in [0, 0.05) is 50.3 Å². The van der Waals surface area contributed by atoms with Gasteiger partial charge in [0.05, 0.1) is 0 Å². The predicted molar refractivity (Wildman–Crippen MR) is 137 cm³/mol. The van der Waals surface area contributed by atoms with Gasteiger partial charge in [0.1, 0.15) is 6.54 Å². The third-order valence-electron chi connectivity index (χ3n) is 4.66. The highest BCUT2D eigenvalue weighted by molar-refractivity contribution is 14.0.